The van der Waals surface area contributed by atoms with Gasteiger partial charge in [-0.15, -0.1) is 11.6 Å². The van der Waals surface area contributed by atoms with Crippen LogP contribution >= 0.6 is 11.6 Å². The predicted octanol–water partition coefficient (Wildman–Crippen LogP) is 3.83. The van der Waals surface area contributed by atoms with Gasteiger partial charge >= 0.3 is 0 Å². The Bertz CT molecular complexity index is 534. The van der Waals surface area contributed by atoms with E-state index in [9.17, 15) is 4.39 Å². The van der Waals surface area contributed by atoms with Gasteiger partial charge in [0.1, 0.15) is 11.2 Å². The van der Waals surface area contributed by atoms with Crippen molar-refractivity contribution in [3.8, 4) is 0 Å². The van der Waals surface area contributed by atoms with Gasteiger partial charge in [-0.1, -0.05) is 17.3 Å². The summed E-state index contributed by atoms with van der Waals surface area (Å²) in [6, 6.07) is 6.27. The van der Waals surface area contributed by atoms with Crippen LogP contribution in [0.1, 0.15) is 43.4 Å². The first-order chi connectivity index (χ1) is 8.41. The first-order valence-corrected chi connectivity index (χ1v) is 6.09. The second-order valence-corrected chi connectivity index (χ2v) is 5.36. The predicted molar refractivity (Wildman–Crippen MR) is 67.1 cm³/mol. The highest BCUT2D eigenvalue weighted by atomic mass is 35.5. The summed E-state index contributed by atoms with van der Waals surface area (Å²) < 4.78 is 18.0. The first kappa shape index (κ1) is 13.0. The topological polar surface area (TPSA) is 38.9 Å². The zero-order valence-corrected chi connectivity index (χ0v) is 11.2. The van der Waals surface area contributed by atoms with Crippen LogP contribution in [-0.2, 0) is 5.41 Å². The Hall–Kier alpha value is -1.42. The van der Waals surface area contributed by atoms with Crippen LogP contribution < -0.4 is 0 Å². The molecule has 18 heavy (non-hydrogen) atoms. The molecular formula is C13H14ClFN2O. The number of nitrogens with zero attached hydrogens (tertiary/aromatic N) is 2. The Morgan fingerprint density at radius 1 is 1.28 bits per heavy atom. The molecule has 1 atom stereocenters. The summed E-state index contributed by atoms with van der Waals surface area (Å²) >= 11 is 5.89. The van der Waals surface area contributed by atoms with Crippen molar-refractivity contribution in [1.82, 2.24) is 10.1 Å². The van der Waals surface area contributed by atoms with Crippen molar-refractivity contribution in [1.29, 1.82) is 0 Å². The molecule has 1 heterocycles. The number of rotatable bonds is 3. The maximum atomic E-state index is 12.9. The van der Waals surface area contributed by atoms with Crippen molar-refractivity contribution >= 4 is 11.6 Å². The summed E-state index contributed by atoms with van der Waals surface area (Å²) in [5, 5.41) is 3.62. The molecule has 0 N–H and O–H groups in total. The summed E-state index contributed by atoms with van der Waals surface area (Å²) in [6.07, 6.45) is 0. The normalized spacial score (nSPS) is 13.6. The zero-order chi connectivity index (χ0) is 13.3. The fourth-order valence-electron chi connectivity index (χ4n) is 1.65. The molecule has 1 aromatic heterocycles. The zero-order valence-electron chi connectivity index (χ0n) is 10.4. The van der Waals surface area contributed by atoms with Crippen LogP contribution in [-0.4, -0.2) is 10.1 Å². The second-order valence-electron chi connectivity index (χ2n) is 4.70. The third-order valence-corrected chi connectivity index (χ3v) is 3.09. The van der Waals surface area contributed by atoms with Gasteiger partial charge in [-0.25, -0.2) is 4.39 Å². The van der Waals surface area contributed by atoms with Crippen LogP contribution in [0.15, 0.2) is 28.8 Å². The maximum absolute atomic E-state index is 12.9. The molecule has 5 heteroatoms. The van der Waals surface area contributed by atoms with Crippen LogP contribution in [0.2, 0.25) is 0 Å². The van der Waals surface area contributed by atoms with Crippen molar-refractivity contribution in [2.75, 3.05) is 0 Å². The van der Waals surface area contributed by atoms with E-state index in [2.05, 4.69) is 10.1 Å². The van der Waals surface area contributed by atoms with Crippen molar-refractivity contribution in [3.63, 3.8) is 0 Å². The van der Waals surface area contributed by atoms with Crippen LogP contribution in [0.5, 0.6) is 0 Å². The van der Waals surface area contributed by atoms with Gasteiger partial charge in [-0.05, 0) is 38.5 Å². The summed E-state index contributed by atoms with van der Waals surface area (Å²) in [6.45, 7) is 5.67. The van der Waals surface area contributed by atoms with E-state index in [4.69, 9.17) is 16.1 Å². The molecule has 0 saturated carbocycles. The molecule has 1 unspecified atom stereocenters. The number of hydrogen-bond donors (Lipinski definition) is 0. The second kappa shape index (κ2) is 4.69. The summed E-state index contributed by atoms with van der Waals surface area (Å²) in [4.78, 5) is 4.28. The Labute approximate surface area is 110 Å². The Kier molecular flexibility index (Phi) is 3.39. The third-order valence-electron chi connectivity index (χ3n) is 2.91. The van der Waals surface area contributed by atoms with E-state index in [1.54, 1.807) is 19.1 Å². The van der Waals surface area contributed by atoms with E-state index in [0.29, 0.717) is 11.7 Å². The molecule has 0 aliphatic rings. The number of hydrogen-bond acceptors (Lipinski definition) is 3. The standard InChI is InChI=1S/C13H14ClFN2O/c1-8(14)11-16-12(17-18-11)13(2,3)9-4-6-10(15)7-5-9/h4-8H,1-3H3. The highest BCUT2D eigenvalue weighted by molar-refractivity contribution is 6.20. The van der Waals surface area contributed by atoms with E-state index >= 15 is 0 Å². The molecule has 1 aromatic carbocycles. The fourth-order valence-corrected chi connectivity index (χ4v) is 1.73. The molecular weight excluding hydrogens is 255 g/mol. The smallest absolute Gasteiger partial charge is 0.244 e. The van der Waals surface area contributed by atoms with E-state index in [1.165, 1.54) is 12.1 Å². The highest BCUT2D eigenvalue weighted by Gasteiger charge is 2.29. The Morgan fingerprint density at radius 3 is 2.39 bits per heavy atom. The molecule has 0 aliphatic carbocycles. The molecule has 0 aliphatic heterocycles. The molecule has 96 valence electrons. The molecule has 0 saturated heterocycles. The Balaban J connectivity index is 2.37. The molecule has 0 radical (unpaired) electrons. The van der Waals surface area contributed by atoms with E-state index in [1.807, 2.05) is 13.8 Å². The van der Waals surface area contributed by atoms with Gasteiger partial charge in [0.2, 0.25) is 5.89 Å². The lowest BCUT2D eigenvalue weighted by Crippen LogP contribution is -2.20. The maximum Gasteiger partial charge on any atom is 0.244 e. The van der Waals surface area contributed by atoms with Gasteiger partial charge in [0.15, 0.2) is 5.82 Å². The lowest BCUT2D eigenvalue weighted by atomic mass is 9.84. The van der Waals surface area contributed by atoms with Crippen LogP contribution in [0.25, 0.3) is 0 Å². The molecule has 0 fully saturated rings. The average molecular weight is 269 g/mol. The lowest BCUT2D eigenvalue weighted by molar-refractivity contribution is 0.366. The van der Waals surface area contributed by atoms with E-state index in [-0.39, 0.29) is 11.2 Å². The Morgan fingerprint density at radius 2 is 1.89 bits per heavy atom. The molecule has 3 nitrogen and oxygen atoms in total. The van der Waals surface area contributed by atoms with Crippen molar-refractivity contribution in [2.24, 2.45) is 0 Å². The number of alkyl halides is 1. The summed E-state index contributed by atoms with van der Waals surface area (Å²) in [7, 11) is 0. The monoisotopic (exact) mass is 268 g/mol. The summed E-state index contributed by atoms with van der Waals surface area (Å²) in [5.74, 6) is 0.663. The van der Waals surface area contributed by atoms with Gasteiger partial charge in [-0.2, -0.15) is 4.98 Å². The van der Waals surface area contributed by atoms with Crippen molar-refractivity contribution < 1.29 is 8.91 Å². The van der Waals surface area contributed by atoms with Gasteiger partial charge in [0.25, 0.3) is 0 Å². The fraction of sp³-hybridized carbons (Fsp3) is 0.385. The van der Waals surface area contributed by atoms with E-state index < -0.39 is 5.41 Å². The van der Waals surface area contributed by atoms with Gasteiger partial charge in [0, 0.05) is 0 Å². The number of benzene rings is 1. The number of halogens is 2. The van der Waals surface area contributed by atoms with Crippen LogP contribution in [0.4, 0.5) is 4.39 Å². The van der Waals surface area contributed by atoms with Crippen LogP contribution in [0.3, 0.4) is 0 Å². The SMILES string of the molecule is CC(Cl)c1nc(C(C)(C)c2ccc(F)cc2)no1. The third kappa shape index (κ3) is 2.38. The van der Waals surface area contributed by atoms with Gasteiger partial charge in [0.05, 0.1) is 5.41 Å². The quantitative estimate of drug-likeness (QED) is 0.794. The van der Waals surface area contributed by atoms with Gasteiger partial charge in [-0.3, -0.25) is 0 Å². The van der Waals surface area contributed by atoms with E-state index in [0.717, 1.165) is 5.56 Å². The minimum Gasteiger partial charge on any atom is -0.338 e. The van der Waals surface area contributed by atoms with Crippen LogP contribution in [0, 0.1) is 5.82 Å². The first-order valence-electron chi connectivity index (χ1n) is 5.65. The van der Waals surface area contributed by atoms with Gasteiger partial charge < -0.3 is 4.52 Å². The highest BCUT2D eigenvalue weighted by Crippen LogP contribution is 2.30. The lowest BCUT2D eigenvalue weighted by Gasteiger charge is -2.20. The average Bonchev–Trinajstić information content (AvgIpc) is 2.79. The van der Waals surface area contributed by atoms with Crippen molar-refractivity contribution in [2.45, 2.75) is 31.6 Å². The largest absolute Gasteiger partial charge is 0.338 e. The minimum absolute atomic E-state index is 0.266. The molecule has 2 rings (SSSR count). The summed E-state index contributed by atoms with van der Waals surface area (Å²) in [5.41, 5.74) is 0.458. The molecule has 0 amide bonds. The number of aromatic nitrogens is 2. The molecule has 0 bridgehead atoms. The van der Waals surface area contributed by atoms with Crippen molar-refractivity contribution in [3.05, 3.63) is 47.4 Å². The minimum atomic E-state index is -0.457. The molecule has 2 aromatic rings. The molecule has 0 spiro atoms.